The van der Waals surface area contributed by atoms with Crippen LogP contribution in [0.2, 0.25) is 0 Å². The van der Waals surface area contributed by atoms with E-state index < -0.39 is 11.6 Å². The number of hydrogen-bond acceptors (Lipinski definition) is 4. The van der Waals surface area contributed by atoms with Crippen LogP contribution in [0, 0.1) is 17.6 Å². The third-order valence-corrected chi connectivity index (χ3v) is 5.72. The highest BCUT2D eigenvalue weighted by atomic mass is 19.2. The van der Waals surface area contributed by atoms with Gasteiger partial charge in [0.15, 0.2) is 17.2 Å². The molecule has 10 heteroatoms. The molecule has 2 N–H and O–H groups in total. The van der Waals surface area contributed by atoms with Crippen LogP contribution < -0.4 is 10.6 Å². The molecule has 1 atom stereocenters. The van der Waals surface area contributed by atoms with Gasteiger partial charge in [0, 0.05) is 44.2 Å². The van der Waals surface area contributed by atoms with Crippen LogP contribution >= 0.6 is 0 Å². The molecule has 1 saturated heterocycles. The highest BCUT2D eigenvalue weighted by molar-refractivity contribution is 5.80. The van der Waals surface area contributed by atoms with Crippen LogP contribution in [0.1, 0.15) is 31.4 Å². The Kier molecular flexibility index (Phi) is 5.74. The number of benzene rings is 1. The number of halogens is 2. The fraction of sp³-hybridized carbons (Fsp3) is 0.550. The molecule has 2 aliphatic rings. The van der Waals surface area contributed by atoms with E-state index in [0.29, 0.717) is 24.2 Å². The predicted octanol–water partition coefficient (Wildman–Crippen LogP) is 2.83. The van der Waals surface area contributed by atoms with Gasteiger partial charge < -0.3 is 25.0 Å². The Morgan fingerprint density at radius 1 is 1.27 bits per heavy atom. The van der Waals surface area contributed by atoms with Crippen molar-refractivity contribution in [3.8, 4) is 0 Å². The van der Waals surface area contributed by atoms with Crippen molar-refractivity contribution in [3.63, 3.8) is 0 Å². The molecular weight excluding hydrogens is 396 g/mol. The molecule has 1 aliphatic carbocycles. The molecule has 0 spiro atoms. The molecule has 162 valence electrons. The molecule has 2 aromatic rings. The van der Waals surface area contributed by atoms with Crippen molar-refractivity contribution >= 4 is 23.0 Å². The molecule has 2 heterocycles. The van der Waals surface area contributed by atoms with Crippen molar-refractivity contribution in [1.29, 1.82) is 0 Å². The fourth-order valence-electron chi connectivity index (χ4n) is 3.99. The smallest absolute Gasteiger partial charge is 0.317 e. The second-order valence-electron chi connectivity index (χ2n) is 7.94. The lowest BCUT2D eigenvalue weighted by Gasteiger charge is -2.35. The summed E-state index contributed by atoms with van der Waals surface area (Å²) in [6.07, 6.45) is 3.78. The van der Waals surface area contributed by atoms with E-state index in [-0.39, 0.29) is 36.1 Å². The number of nitrogens with zero attached hydrogens (tertiary/aromatic N) is 3. The molecule has 0 bridgehead atoms. The number of carbonyl (C=O) groups is 2. The van der Waals surface area contributed by atoms with Gasteiger partial charge in [-0.3, -0.25) is 0 Å². The summed E-state index contributed by atoms with van der Waals surface area (Å²) in [6, 6.07) is 1.84. The minimum atomic E-state index is -1.01. The average molecular weight is 421 g/mol. The van der Waals surface area contributed by atoms with Crippen LogP contribution in [0.5, 0.6) is 0 Å². The number of hydrogen-bond donors (Lipinski definition) is 2. The van der Waals surface area contributed by atoms with Gasteiger partial charge in [-0.15, -0.1) is 0 Å². The van der Waals surface area contributed by atoms with Gasteiger partial charge in [0.25, 0.3) is 0 Å². The molecule has 8 nitrogen and oxygen atoms in total. The van der Waals surface area contributed by atoms with E-state index in [1.54, 1.807) is 11.9 Å². The second-order valence-corrected chi connectivity index (χ2v) is 7.94. The SMILES string of the molecule is CNC(=O)N1CCC[C@@H](CN(C(=O)NCc2noc3cc(F)c(F)cc23)C2CC2)C1. The summed E-state index contributed by atoms with van der Waals surface area (Å²) in [4.78, 5) is 28.4. The zero-order valence-electron chi connectivity index (χ0n) is 16.8. The standard InChI is InChI=1S/C20H25F2N5O3/c1-23-19(28)26-6-2-3-12(10-26)11-27(13-4-5-13)20(29)24-9-17-14-7-15(21)16(22)8-18(14)30-25-17/h7-8,12-13H,2-6,9-11H2,1H3,(H,23,28)(H,24,29)/t12-/m1/s1. The predicted molar refractivity (Wildman–Crippen MR) is 105 cm³/mol. The number of likely N-dealkylation sites (tertiary alicyclic amines) is 1. The van der Waals surface area contributed by atoms with E-state index in [2.05, 4.69) is 15.8 Å². The Labute approximate surface area is 172 Å². The number of urea groups is 2. The van der Waals surface area contributed by atoms with Crippen molar-refractivity contribution in [2.24, 2.45) is 5.92 Å². The van der Waals surface area contributed by atoms with Gasteiger partial charge in [0.05, 0.1) is 6.54 Å². The Morgan fingerprint density at radius 2 is 2.03 bits per heavy atom. The van der Waals surface area contributed by atoms with E-state index in [1.165, 1.54) is 0 Å². The zero-order valence-corrected chi connectivity index (χ0v) is 16.8. The summed E-state index contributed by atoms with van der Waals surface area (Å²) >= 11 is 0. The highest BCUT2D eigenvalue weighted by Crippen LogP contribution is 2.29. The van der Waals surface area contributed by atoms with Gasteiger partial charge in [-0.1, -0.05) is 5.16 Å². The van der Waals surface area contributed by atoms with Crippen LogP contribution in [0.15, 0.2) is 16.7 Å². The van der Waals surface area contributed by atoms with Crippen molar-refractivity contribution in [2.75, 3.05) is 26.7 Å². The number of fused-ring (bicyclic) bond motifs is 1. The number of rotatable bonds is 5. The molecule has 1 aliphatic heterocycles. The summed E-state index contributed by atoms with van der Waals surface area (Å²) < 4.78 is 31.9. The molecule has 30 heavy (non-hydrogen) atoms. The summed E-state index contributed by atoms with van der Waals surface area (Å²) in [5, 5.41) is 9.64. The monoisotopic (exact) mass is 421 g/mol. The van der Waals surface area contributed by atoms with Gasteiger partial charge in [-0.25, -0.2) is 18.4 Å². The minimum absolute atomic E-state index is 0.0508. The van der Waals surface area contributed by atoms with Gasteiger partial charge in [-0.05, 0) is 37.7 Å². The summed E-state index contributed by atoms with van der Waals surface area (Å²) in [6.45, 7) is 1.97. The third kappa shape index (κ3) is 4.31. The Hall–Kier alpha value is -2.91. The summed E-state index contributed by atoms with van der Waals surface area (Å²) in [5.41, 5.74) is 0.477. The first kappa shape index (κ1) is 20.4. The summed E-state index contributed by atoms with van der Waals surface area (Å²) in [7, 11) is 1.61. The molecule has 2 fully saturated rings. The molecule has 0 radical (unpaired) electrons. The number of aromatic nitrogens is 1. The topological polar surface area (TPSA) is 90.7 Å². The second kappa shape index (κ2) is 8.45. The quantitative estimate of drug-likeness (QED) is 0.777. The molecule has 4 rings (SSSR count). The normalized spacial score (nSPS) is 19.0. The lowest BCUT2D eigenvalue weighted by Crippen LogP contribution is -2.49. The number of piperidine rings is 1. The van der Waals surface area contributed by atoms with Crippen LogP contribution in [-0.4, -0.2) is 59.7 Å². The van der Waals surface area contributed by atoms with Gasteiger partial charge >= 0.3 is 12.1 Å². The van der Waals surface area contributed by atoms with Gasteiger partial charge in [-0.2, -0.15) is 0 Å². The fourth-order valence-corrected chi connectivity index (χ4v) is 3.99. The molecule has 4 amide bonds. The average Bonchev–Trinajstić information content (AvgIpc) is 3.52. The molecule has 0 unspecified atom stereocenters. The van der Waals surface area contributed by atoms with E-state index >= 15 is 0 Å². The number of nitrogens with one attached hydrogen (secondary N) is 2. The number of amides is 4. The maximum Gasteiger partial charge on any atom is 0.317 e. The molecule has 1 saturated carbocycles. The van der Waals surface area contributed by atoms with E-state index in [4.69, 9.17) is 4.52 Å². The maximum atomic E-state index is 13.5. The van der Waals surface area contributed by atoms with Crippen molar-refractivity contribution in [2.45, 2.75) is 38.3 Å². The Morgan fingerprint density at radius 3 is 2.77 bits per heavy atom. The Bertz CT molecular complexity index is 946. The lowest BCUT2D eigenvalue weighted by atomic mass is 9.97. The van der Waals surface area contributed by atoms with Crippen LogP contribution in [0.3, 0.4) is 0 Å². The number of carbonyl (C=O) groups excluding carboxylic acids is 2. The van der Waals surface area contributed by atoms with Gasteiger partial charge in [0.1, 0.15) is 5.69 Å². The minimum Gasteiger partial charge on any atom is -0.356 e. The Balaban J connectivity index is 1.39. The van der Waals surface area contributed by atoms with Crippen LogP contribution in [-0.2, 0) is 6.54 Å². The largest absolute Gasteiger partial charge is 0.356 e. The van der Waals surface area contributed by atoms with Crippen LogP contribution in [0.4, 0.5) is 18.4 Å². The molecule has 1 aromatic heterocycles. The van der Waals surface area contributed by atoms with Crippen molar-refractivity contribution in [3.05, 3.63) is 29.5 Å². The first-order valence-corrected chi connectivity index (χ1v) is 10.2. The van der Waals surface area contributed by atoms with Gasteiger partial charge in [0.2, 0.25) is 0 Å². The molecule has 1 aromatic carbocycles. The maximum absolute atomic E-state index is 13.5. The highest BCUT2D eigenvalue weighted by Gasteiger charge is 2.35. The van der Waals surface area contributed by atoms with Crippen molar-refractivity contribution in [1.82, 2.24) is 25.6 Å². The first-order chi connectivity index (χ1) is 14.5. The summed E-state index contributed by atoms with van der Waals surface area (Å²) in [5.74, 6) is -1.78. The zero-order chi connectivity index (χ0) is 21.3. The van der Waals surface area contributed by atoms with E-state index in [1.807, 2.05) is 4.90 Å². The first-order valence-electron chi connectivity index (χ1n) is 10.2. The van der Waals surface area contributed by atoms with Crippen molar-refractivity contribution < 1.29 is 22.9 Å². The third-order valence-electron chi connectivity index (χ3n) is 5.72. The van der Waals surface area contributed by atoms with E-state index in [0.717, 1.165) is 44.4 Å². The van der Waals surface area contributed by atoms with E-state index in [9.17, 15) is 18.4 Å². The lowest BCUT2D eigenvalue weighted by molar-refractivity contribution is 0.140. The van der Waals surface area contributed by atoms with Crippen LogP contribution in [0.25, 0.3) is 11.0 Å². The molecular formula is C20H25F2N5O3.